The van der Waals surface area contributed by atoms with Gasteiger partial charge in [-0.1, -0.05) is 18.2 Å². The van der Waals surface area contributed by atoms with Crippen LogP contribution in [0.3, 0.4) is 0 Å². The van der Waals surface area contributed by atoms with E-state index >= 15 is 0 Å². The van der Waals surface area contributed by atoms with Gasteiger partial charge in [0, 0.05) is 24.2 Å². The predicted octanol–water partition coefficient (Wildman–Crippen LogP) is 4.00. The van der Waals surface area contributed by atoms with E-state index in [2.05, 4.69) is 32.4 Å². The lowest BCUT2D eigenvalue weighted by Crippen LogP contribution is -2.37. The number of hydrogen-bond acceptors (Lipinski definition) is 4. The Kier molecular flexibility index (Phi) is 7.67. The molecule has 0 saturated heterocycles. The molecule has 27 heavy (non-hydrogen) atoms. The predicted molar refractivity (Wildman–Crippen MR) is 113 cm³/mol. The van der Waals surface area contributed by atoms with Gasteiger partial charge in [0.05, 0.1) is 6.54 Å². The molecule has 1 heterocycles. The Morgan fingerprint density at radius 3 is 2.48 bits per heavy atom. The molecule has 0 fully saturated rings. The Bertz CT molecular complexity index is 734. The van der Waals surface area contributed by atoms with Crippen molar-refractivity contribution in [3.8, 4) is 0 Å². The van der Waals surface area contributed by atoms with Crippen LogP contribution in [-0.4, -0.2) is 31.2 Å². The quantitative estimate of drug-likeness (QED) is 0.516. The SMILES string of the molecule is CN=C(NCCc1ccc(NC(=O)OC(C)(C)C)cc1)NCc1cccs1. The van der Waals surface area contributed by atoms with Crippen molar-refractivity contribution in [1.82, 2.24) is 10.6 Å². The van der Waals surface area contributed by atoms with Crippen molar-refractivity contribution in [3.63, 3.8) is 0 Å². The molecule has 0 saturated carbocycles. The summed E-state index contributed by atoms with van der Waals surface area (Å²) in [6, 6.07) is 11.9. The van der Waals surface area contributed by atoms with Crippen molar-refractivity contribution >= 4 is 29.1 Å². The fourth-order valence-corrected chi connectivity index (χ4v) is 2.95. The molecule has 0 unspecified atom stereocenters. The van der Waals surface area contributed by atoms with E-state index in [1.54, 1.807) is 18.4 Å². The number of rotatable bonds is 6. The first-order valence-corrected chi connectivity index (χ1v) is 9.79. The van der Waals surface area contributed by atoms with Gasteiger partial charge >= 0.3 is 6.09 Å². The average Bonchev–Trinajstić information content (AvgIpc) is 3.11. The molecule has 1 aromatic heterocycles. The van der Waals surface area contributed by atoms with Gasteiger partial charge in [0.25, 0.3) is 0 Å². The van der Waals surface area contributed by atoms with Gasteiger partial charge in [-0.05, 0) is 56.3 Å². The molecule has 146 valence electrons. The van der Waals surface area contributed by atoms with Gasteiger partial charge in [-0.25, -0.2) is 4.79 Å². The van der Waals surface area contributed by atoms with Crippen molar-refractivity contribution in [2.24, 2.45) is 4.99 Å². The van der Waals surface area contributed by atoms with Crippen molar-refractivity contribution in [1.29, 1.82) is 0 Å². The number of ether oxygens (including phenoxy) is 1. The van der Waals surface area contributed by atoms with Gasteiger partial charge in [0.15, 0.2) is 5.96 Å². The number of carbonyl (C=O) groups is 1. The minimum Gasteiger partial charge on any atom is -0.444 e. The second kappa shape index (κ2) is 9.97. The van der Waals surface area contributed by atoms with Gasteiger partial charge in [-0.15, -0.1) is 11.3 Å². The molecule has 1 aromatic carbocycles. The summed E-state index contributed by atoms with van der Waals surface area (Å²) in [6.07, 6.45) is 0.407. The van der Waals surface area contributed by atoms with Crippen LogP contribution in [0, 0.1) is 0 Å². The highest BCUT2D eigenvalue weighted by atomic mass is 32.1. The van der Waals surface area contributed by atoms with Gasteiger partial charge in [-0.2, -0.15) is 0 Å². The minimum atomic E-state index is -0.508. The molecule has 0 aliphatic heterocycles. The van der Waals surface area contributed by atoms with Crippen LogP contribution in [0.2, 0.25) is 0 Å². The Hall–Kier alpha value is -2.54. The normalized spacial score (nSPS) is 11.8. The van der Waals surface area contributed by atoms with Crippen molar-refractivity contribution < 1.29 is 9.53 Å². The molecule has 7 heteroatoms. The van der Waals surface area contributed by atoms with E-state index in [-0.39, 0.29) is 0 Å². The molecular weight excluding hydrogens is 360 g/mol. The summed E-state index contributed by atoms with van der Waals surface area (Å²) in [5, 5.41) is 11.4. The van der Waals surface area contributed by atoms with Gasteiger partial charge in [0.2, 0.25) is 0 Å². The van der Waals surface area contributed by atoms with Crippen molar-refractivity contribution in [2.45, 2.75) is 39.3 Å². The fraction of sp³-hybridized carbons (Fsp3) is 0.400. The molecule has 6 nitrogen and oxygen atoms in total. The lowest BCUT2D eigenvalue weighted by molar-refractivity contribution is 0.0636. The highest BCUT2D eigenvalue weighted by Gasteiger charge is 2.16. The molecule has 1 amide bonds. The molecular formula is C20H28N4O2S. The molecule has 3 N–H and O–H groups in total. The molecule has 0 aliphatic carbocycles. The summed E-state index contributed by atoms with van der Waals surface area (Å²) in [6.45, 7) is 7.05. The maximum absolute atomic E-state index is 11.8. The zero-order valence-electron chi connectivity index (χ0n) is 16.3. The number of amides is 1. The number of thiophene rings is 1. The Morgan fingerprint density at radius 1 is 1.15 bits per heavy atom. The summed E-state index contributed by atoms with van der Waals surface area (Å²) in [7, 11) is 1.76. The number of anilines is 1. The third-order valence-corrected chi connectivity index (χ3v) is 4.42. The molecule has 0 radical (unpaired) electrons. The monoisotopic (exact) mass is 388 g/mol. The van der Waals surface area contributed by atoms with Crippen LogP contribution in [0.25, 0.3) is 0 Å². The molecule has 0 bridgehead atoms. The first kappa shape index (κ1) is 20.8. The Balaban J connectivity index is 1.73. The summed E-state index contributed by atoms with van der Waals surface area (Å²) < 4.78 is 5.25. The summed E-state index contributed by atoms with van der Waals surface area (Å²) in [4.78, 5) is 17.3. The summed E-state index contributed by atoms with van der Waals surface area (Å²) >= 11 is 1.72. The standard InChI is InChI=1S/C20H28N4O2S/c1-20(2,3)26-19(25)24-16-9-7-15(8-10-16)11-12-22-18(21-4)23-14-17-6-5-13-27-17/h5-10,13H,11-12,14H2,1-4H3,(H,24,25)(H2,21,22,23). The molecule has 0 aliphatic rings. The highest BCUT2D eigenvalue weighted by Crippen LogP contribution is 2.13. The van der Waals surface area contributed by atoms with Gasteiger partial charge < -0.3 is 15.4 Å². The van der Waals surface area contributed by atoms with Crippen molar-refractivity contribution in [3.05, 3.63) is 52.2 Å². The van der Waals surface area contributed by atoms with E-state index in [1.165, 1.54) is 10.4 Å². The molecule has 0 atom stereocenters. The van der Waals surface area contributed by atoms with E-state index < -0.39 is 11.7 Å². The zero-order valence-corrected chi connectivity index (χ0v) is 17.2. The van der Waals surface area contributed by atoms with Gasteiger partial charge in [0.1, 0.15) is 5.60 Å². The van der Waals surface area contributed by atoms with Crippen LogP contribution in [0.5, 0.6) is 0 Å². The van der Waals surface area contributed by atoms with E-state index in [9.17, 15) is 4.79 Å². The van der Waals surface area contributed by atoms with E-state index in [1.807, 2.05) is 51.1 Å². The smallest absolute Gasteiger partial charge is 0.412 e. The molecule has 0 spiro atoms. The van der Waals surface area contributed by atoms with Gasteiger partial charge in [-0.3, -0.25) is 10.3 Å². The van der Waals surface area contributed by atoms with E-state index in [0.717, 1.165) is 31.2 Å². The summed E-state index contributed by atoms with van der Waals surface area (Å²) in [5.41, 5.74) is 1.38. The van der Waals surface area contributed by atoms with Crippen LogP contribution < -0.4 is 16.0 Å². The van der Waals surface area contributed by atoms with Crippen molar-refractivity contribution in [2.75, 3.05) is 18.9 Å². The number of carbonyl (C=O) groups excluding carboxylic acids is 1. The second-order valence-electron chi connectivity index (χ2n) is 7.01. The van der Waals surface area contributed by atoms with Crippen LogP contribution in [0.15, 0.2) is 46.8 Å². The fourth-order valence-electron chi connectivity index (χ4n) is 2.31. The average molecular weight is 389 g/mol. The summed E-state index contributed by atoms with van der Waals surface area (Å²) in [5.74, 6) is 0.784. The number of hydrogen-bond donors (Lipinski definition) is 3. The second-order valence-corrected chi connectivity index (χ2v) is 8.04. The number of nitrogens with zero attached hydrogens (tertiary/aromatic N) is 1. The Morgan fingerprint density at radius 2 is 1.89 bits per heavy atom. The topological polar surface area (TPSA) is 74.8 Å². The first-order chi connectivity index (χ1) is 12.9. The van der Waals surface area contributed by atoms with Crippen LogP contribution in [-0.2, 0) is 17.7 Å². The lowest BCUT2D eigenvalue weighted by Gasteiger charge is -2.19. The maximum Gasteiger partial charge on any atom is 0.412 e. The molecule has 2 aromatic rings. The van der Waals surface area contributed by atoms with E-state index in [0.29, 0.717) is 0 Å². The highest BCUT2D eigenvalue weighted by molar-refractivity contribution is 7.09. The number of aliphatic imine (C=N–C) groups is 1. The van der Waals surface area contributed by atoms with E-state index in [4.69, 9.17) is 4.74 Å². The first-order valence-electron chi connectivity index (χ1n) is 8.91. The number of guanidine groups is 1. The molecule has 2 rings (SSSR count). The Labute approximate surface area is 165 Å². The minimum absolute atomic E-state index is 0.447. The van der Waals surface area contributed by atoms with Crippen LogP contribution in [0.4, 0.5) is 10.5 Å². The largest absolute Gasteiger partial charge is 0.444 e. The number of nitrogens with one attached hydrogen (secondary N) is 3. The maximum atomic E-state index is 11.8. The third kappa shape index (κ3) is 8.13. The lowest BCUT2D eigenvalue weighted by atomic mass is 10.1. The number of benzene rings is 1. The van der Waals surface area contributed by atoms with Crippen LogP contribution >= 0.6 is 11.3 Å². The van der Waals surface area contributed by atoms with Crippen LogP contribution in [0.1, 0.15) is 31.2 Å². The zero-order chi connectivity index (χ0) is 19.7. The third-order valence-electron chi connectivity index (χ3n) is 3.54.